The second kappa shape index (κ2) is 6.40. The van der Waals surface area contributed by atoms with Crippen molar-refractivity contribution in [1.82, 2.24) is 4.90 Å². The van der Waals surface area contributed by atoms with E-state index in [0.717, 1.165) is 25.7 Å². The summed E-state index contributed by atoms with van der Waals surface area (Å²) in [4.78, 5) is 14.8. The molecule has 2 aromatic carbocycles. The quantitative estimate of drug-likeness (QED) is 0.848. The maximum atomic E-state index is 12.7. The summed E-state index contributed by atoms with van der Waals surface area (Å²) in [6, 6.07) is 20.8. The molecular weight excluding hydrogens is 298 g/mol. The van der Waals surface area contributed by atoms with Crippen molar-refractivity contribution in [1.29, 1.82) is 0 Å². The molecule has 124 valence electrons. The van der Waals surface area contributed by atoms with Crippen LogP contribution in [0.1, 0.15) is 42.9 Å². The Bertz CT molecular complexity index is 700. The zero-order valence-electron chi connectivity index (χ0n) is 13.9. The molecule has 3 heteroatoms. The predicted molar refractivity (Wildman–Crippen MR) is 93.3 cm³/mol. The van der Waals surface area contributed by atoms with Gasteiger partial charge in [0.15, 0.2) is 0 Å². The minimum Gasteiger partial charge on any atom is -0.353 e. The van der Waals surface area contributed by atoms with Gasteiger partial charge in [-0.15, -0.1) is 0 Å². The Kier molecular flexibility index (Phi) is 4.11. The van der Waals surface area contributed by atoms with Crippen molar-refractivity contribution < 1.29 is 9.53 Å². The van der Waals surface area contributed by atoms with Crippen molar-refractivity contribution in [2.75, 3.05) is 6.61 Å². The summed E-state index contributed by atoms with van der Waals surface area (Å²) in [6.07, 6.45) is 4.30. The molecule has 0 aromatic heterocycles. The Labute approximate surface area is 143 Å². The summed E-state index contributed by atoms with van der Waals surface area (Å²) >= 11 is 0. The molecule has 2 heterocycles. The predicted octanol–water partition coefficient (Wildman–Crippen LogP) is 4.10. The lowest BCUT2D eigenvalue weighted by Crippen LogP contribution is -2.52. The summed E-state index contributed by atoms with van der Waals surface area (Å²) in [7, 11) is 0. The van der Waals surface area contributed by atoms with Gasteiger partial charge in [0.05, 0.1) is 12.6 Å². The number of aryl methyl sites for hydroxylation is 1. The molecule has 0 unspecified atom stereocenters. The highest BCUT2D eigenvalue weighted by Gasteiger charge is 2.51. The first-order chi connectivity index (χ1) is 11.8. The van der Waals surface area contributed by atoms with Crippen LogP contribution in [0.3, 0.4) is 0 Å². The fourth-order valence-corrected chi connectivity index (χ4v) is 4.11. The lowest BCUT2D eigenvalue weighted by atomic mass is 9.90. The largest absolute Gasteiger partial charge is 0.353 e. The molecule has 0 saturated carbocycles. The third kappa shape index (κ3) is 2.73. The average molecular weight is 321 g/mol. The molecular formula is C21H23NO2. The van der Waals surface area contributed by atoms with Crippen molar-refractivity contribution >= 4 is 5.91 Å². The van der Waals surface area contributed by atoms with Crippen LogP contribution in [0.5, 0.6) is 0 Å². The van der Waals surface area contributed by atoms with Crippen LogP contribution in [0, 0.1) is 0 Å². The number of rotatable bonds is 4. The molecule has 2 aromatic rings. The number of carbonyl (C=O) groups is 1. The number of ether oxygens (including phenoxy) is 1. The summed E-state index contributed by atoms with van der Waals surface area (Å²) in [6.45, 7) is 0.602. The maximum Gasteiger partial charge on any atom is 0.225 e. The minimum atomic E-state index is -0.425. The topological polar surface area (TPSA) is 29.5 Å². The van der Waals surface area contributed by atoms with Crippen LogP contribution in [-0.4, -0.2) is 23.1 Å². The van der Waals surface area contributed by atoms with E-state index in [1.165, 1.54) is 11.1 Å². The number of hydrogen-bond donors (Lipinski definition) is 0. The first-order valence-electron chi connectivity index (χ1n) is 8.83. The van der Waals surface area contributed by atoms with E-state index in [-0.39, 0.29) is 11.9 Å². The van der Waals surface area contributed by atoms with E-state index in [9.17, 15) is 4.79 Å². The van der Waals surface area contributed by atoms with Gasteiger partial charge in [-0.3, -0.25) is 4.79 Å². The van der Waals surface area contributed by atoms with E-state index in [4.69, 9.17) is 4.74 Å². The van der Waals surface area contributed by atoms with Crippen LogP contribution >= 0.6 is 0 Å². The zero-order chi connectivity index (χ0) is 16.4. The third-order valence-corrected chi connectivity index (χ3v) is 5.32. The third-order valence-electron chi connectivity index (χ3n) is 5.32. The van der Waals surface area contributed by atoms with Gasteiger partial charge in [-0.1, -0.05) is 60.7 Å². The molecule has 0 aliphatic carbocycles. The van der Waals surface area contributed by atoms with E-state index in [1.54, 1.807) is 0 Å². The number of piperidine rings is 1. The molecule has 3 nitrogen and oxygen atoms in total. The van der Waals surface area contributed by atoms with Crippen molar-refractivity contribution in [3.05, 3.63) is 71.8 Å². The molecule has 24 heavy (non-hydrogen) atoms. The van der Waals surface area contributed by atoms with E-state index in [0.29, 0.717) is 13.0 Å². The number of hydrogen-bond acceptors (Lipinski definition) is 2. The van der Waals surface area contributed by atoms with Crippen LogP contribution in [0.4, 0.5) is 0 Å². The smallest absolute Gasteiger partial charge is 0.225 e. The highest BCUT2D eigenvalue weighted by Crippen LogP contribution is 2.45. The second-order valence-electron chi connectivity index (χ2n) is 6.79. The van der Waals surface area contributed by atoms with Gasteiger partial charge in [0, 0.05) is 6.42 Å². The van der Waals surface area contributed by atoms with E-state index < -0.39 is 5.72 Å². The Balaban J connectivity index is 1.59. The van der Waals surface area contributed by atoms with Gasteiger partial charge in [0.25, 0.3) is 0 Å². The van der Waals surface area contributed by atoms with Crippen LogP contribution < -0.4 is 0 Å². The Hall–Kier alpha value is -2.13. The summed E-state index contributed by atoms with van der Waals surface area (Å²) in [5, 5.41) is 0. The molecule has 0 bridgehead atoms. The van der Waals surface area contributed by atoms with Gasteiger partial charge in [0.2, 0.25) is 5.91 Å². The van der Waals surface area contributed by atoms with Gasteiger partial charge < -0.3 is 9.64 Å². The van der Waals surface area contributed by atoms with Gasteiger partial charge >= 0.3 is 0 Å². The number of fused-ring (bicyclic) bond motifs is 1. The number of benzene rings is 2. The van der Waals surface area contributed by atoms with Crippen LogP contribution in [0.2, 0.25) is 0 Å². The van der Waals surface area contributed by atoms with Crippen LogP contribution in [0.25, 0.3) is 0 Å². The number of nitrogens with zero attached hydrogens (tertiary/aromatic N) is 1. The molecule has 2 saturated heterocycles. The van der Waals surface area contributed by atoms with E-state index in [1.807, 2.05) is 24.3 Å². The van der Waals surface area contributed by atoms with Crippen LogP contribution in [0.15, 0.2) is 60.7 Å². The van der Waals surface area contributed by atoms with E-state index in [2.05, 4.69) is 41.3 Å². The fraction of sp³-hybridized carbons (Fsp3) is 0.381. The molecule has 2 aliphatic heterocycles. The molecule has 2 atom stereocenters. The standard InChI is InChI=1S/C21H23NO2/c23-20-12-7-14-21(15-13-17-8-3-1-4-9-17)22(20)19(16-24-21)18-10-5-2-6-11-18/h1-6,8-11,19H,7,12-16H2/t19-,21+/m0/s1. The summed E-state index contributed by atoms with van der Waals surface area (Å²) in [5.74, 6) is 0.237. The number of amides is 1. The normalized spacial score (nSPS) is 26.4. The Morgan fingerprint density at radius 1 is 1.04 bits per heavy atom. The molecule has 4 rings (SSSR count). The van der Waals surface area contributed by atoms with Gasteiger partial charge in [-0.25, -0.2) is 0 Å². The van der Waals surface area contributed by atoms with Crippen molar-refractivity contribution in [2.45, 2.75) is 43.9 Å². The van der Waals surface area contributed by atoms with Crippen LogP contribution in [-0.2, 0) is 16.0 Å². The van der Waals surface area contributed by atoms with Gasteiger partial charge in [-0.05, 0) is 36.8 Å². The molecule has 2 fully saturated rings. The monoisotopic (exact) mass is 321 g/mol. The molecule has 2 aliphatic rings. The van der Waals surface area contributed by atoms with Crippen molar-refractivity contribution in [2.24, 2.45) is 0 Å². The first kappa shape index (κ1) is 15.4. The van der Waals surface area contributed by atoms with E-state index >= 15 is 0 Å². The van der Waals surface area contributed by atoms with Gasteiger partial charge in [0.1, 0.15) is 5.72 Å². The van der Waals surface area contributed by atoms with Crippen molar-refractivity contribution in [3.8, 4) is 0 Å². The first-order valence-corrected chi connectivity index (χ1v) is 8.83. The highest BCUT2D eigenvalue weighted by atomic mass is 16.5. The SMILES string of the molecule is O=C1CCC[C@]2(CCc3ccccc3)OC[C@@H](c3ccccc3)N12. The average Bonchev–Trinajstić information content (AvgIpc) is 3.03. The van der Waals surface area contributed by atoms with Gasteiger partial charge in [-0.2, -0.15) is 0 Å². The van der Waals surface area contributed by atoms with Crippen molar-refractivity contribution in [3.63, 3.8) is 0 Å². The summed E-state index contributed by atoms with van der Waals surface area (Å²) < 4.78 is 6.31. The Morgan fingerprint density at radius 3 is 2.50 bits per heavy atom. The molecule has 1 amide bonds. The fourth-order valence-electron chi connectivity index (χ4n) is 4.11. The highest BCUT2D eigenvalue weighted by molar-refractivity contribution is 5.78. The minimum absolute atomic E-state index is 0.0507. The lowest BCUT2D eigenvalue weighted by molar-refractivity contribution is -0.162. The molecule has 0 radical (unpaired) electrons. The number of carbonyl (C=O) groups excluding carboxylic acids is 1. The second-order valence-corrected chi connectivity index (χ2v) is 6.79. The maximum absolute atomic E-state index is 12.7. The summed E-state index contributed by atoms with van der Waals surface area (Å²) in [5.41, 5.74) is 2.05. The zero-order valence-corrected chi connectivity index (χ0v) is 13.9. The Morgan fingerprint density at radius 2 is 1.75 bits per heavy atom. The molecule has 0 N–H and O–H groups in total. The molecule has 0 spiro atoms. The lowest BCUT2D eigenvalue weighted by Gasteiger charge is -2.43.